The van der Waals surface area contributed by atoms with E-state index in [1.165, 1.54) is 6.07 Å². The summed E-state index contributed by atoms with van der Waals surface area (Å²) >= 11 is 0. The number of likely N-dealkylation sites (N-methyl/N-ethyl adjacent to an activating group) is 1. The van der Waals surface area contributed by atoms with E-state index in [0.29, 0.717) is 18.7 Å². The minimum absolute atomic E-state index is 0. The Morgan fingerprint density at radius 1 is 1.07 bits per heavy atom. The van der Waals surface area contributed by atoms with E-state index in [1.54, 1.807) is 22.5 Å². The van der Waals surface area contributed by atoms with E-state index in [2.05, 4.69) is 4.90 Å². The molecule has 2 aliphatic heterocycles. The molecule has 2 fully saturated rings. The number of halogens is 1. The van der Waals surface area contributed by atoms with E-state index in [-0.39, 0.29) is 23.4 Å². The van der Waals surface area contributed by atoms with E-state index < -0.39 is 16.0 Å². The van der Waals surface area contributed by atoms with Crippen molar-refractivity contribution in [3.8, 4) is 0 Å². The minimum atomic E-state index is -3.57. The Morgan fingerprint density at radius 3 is 2.44 bits per heavy atom. The number of ether oxygens (including phenoxy) is 1. The molecule has 0 radical (unpaired) electrons. The van der Waals surface area contributed by atoms with Crippen LogP contribution in [0.2, 0.25) is 0 Å². The number of benzene rings is 1. The summed E-state index contributed by atoms with van der Waals surface area (Å²) in [5.74, 6) is -0.446. The molecule has 1 aromatic rings. The van der Waals surface area contributed by atoms with Gasteiger partial charge in [-0.1, -0.05) is 18.9 Å². The predicted octanol–water partition coefficient (Wildman–Crippen LogP) is -0.494. The Labute approximate surface area is 168 Å². The number of hydrogen-bond acceptors (Lipinski definition) is 5. The standard InChI is InChI=1S/C19H28N2O4S.ClH/c1-20-11-7-9-17(15-20)25-19(22)16-8-6-10-18(14-16)26(23,24)21-12-4-2-3-5-13-21;/h6,8,10,14,17H,2-5,7,9,11-13,15H2,1H3;1H/p-1. The van der Waals surface area contributed by atoms with Gasteiger partial charge in [0.25, 0.3) is 0 Å². The molecule has 0 bridgehead atoms. The quantitative estimate of drug-likeness (QED) is 0.621. The van der Waals surface area contributed by atoms with Crippen LogP contribution in [-0.4, -0.2) is 62.9 Å². The van der Waals surface area contributed by atoms with Crippen LogP contribution in [0.4, 0.5) is 0 Å². The SMILES string of the molecule is CN1CCCC(OC(=O)c2cccc(S(=O)(=O)N3CCCCCC3)c2)C1.[Cl-]. The molecule has 0 aliphatic carbocycles. The Hall–Kier alpha value is -1.15. The minimum Gasteiger partial charge on any atom is -1.00 e. The van der Waals surface area contributed by atoms with E-state index in [0.717, 1.165) is 51.6 Å². The van der Waals surface area contributed by atoms with Crippen molar-refractivity contribution in [2.24, 2.45) is 0 Å². The van der Waals surface area contributed by atoms with Gasteiger partial charge in [-0.25, -0.2) is 13.2 Å². The largest absolute Gasteiger partial charge is 1.00 e. The fourth-order valence-corrected chi connectivity index (χ4v) is 5.21. The summed E-state index contributed by atoms with van der Waals surface area (Å²) in [7, 11) is -1.56. The molecule has 1 atom stereocenters. The lowest BCUT2D eigenvalue weighted by molar-refractivity contribution is -0.0000867. The number of sulfonamides is 1. The maximum absolute atomic E-state index is 12.9. The van der Waals surface area contributed by atoms with Crippen LogP contribution < -0.4 is 12.4 Å². The van der Waals surface area contributed by atoms with Crippen LogP contribution in [-0.2, 0) is 14.8 Å². The highest BCUT2D eigenvalue weighted by atomic mass is 35.5. The number of nitrogens with zero attached hydrogens (tertiary/aromatic N) is 2. The second kappa shape index (κ2) is 9.87. The van der Waals surface area contributed by atoms with E-state index >= 15 is 0 Å². The number of likely N-dealkylation sites (tertiary alicyclic amines) is 1. The van der Waals surface area contributed by atoms with Crippen molar-refractivity contribution in [2.75, 3.05) is 33.2 Å². The average Bonchev–Trinajstić information content (AvgIpc) is 2.92. The molecule has 2 heterocycles. The van der Waals surface area contributed by atoms with Gasteiger partial charge < -0.3 is 22.0 Å². The zero-order chi connectivity index (χ0) is 18.6. The highest BCUT2D eigenvalue weighted by molar-refractivity contribution is 7.89. The molecule has 1 aromatic carbocycles. The van der Waals surface area contributed by atoms with Gasteiger partial charge in [-0.05, 0) is 57.5 Å². The molecule has 0 N–H and O–H groups in total. The third-order valence-electron chi connectivity index (χ3n) is 5.13. The molecule has 6 nitrogen and oxygen atoms in total. The predicted molar refractivity (Wildman–Crippen MR) is 99.6 cm³/mol. The second-order valence-corrected chi connectivity index (χ2v) is 9.22. The molecule has 27 heavy (non-hydrogen) atoms. The van der Waals surface area contributed by atoms with Crippen LogP contribution in [0.25, 0.3) is 0 Å². The first kappa shape index (κ1) is 22.1. The topological polar surface area (TPSA) is 66.9 Å². The lowest BCUT2D eigenvalue weighted by Gasteiger charge is -2.29. The zero-order valence-corrected chi connectivity index (χ0v) is 17.3. The zero-order valence-electron chi connectivity index (χ0n) is 15.8. The third kappa shape index (κ3) is 5.67. The van der Waals surface area contributed by atoms with Gasteiger partial charge in [0.1, 0.15) is 6.10 Å². The summed E-state index contributed by atoms with van der Waals surface area (Å²) in [4.78, 5) is 14.8. The number of carbonyl (C=O) groups excluding carboxylic acids is 1. The Balaban J connectivity index is 0.00000261. The van der Waals surface area contributed by atoms with Gasteiger partial charge in [0.2, 0.25) is 10.0 Å². The summed E-state index contributed by atoms with van der Waals surface area (Å²) in [6.07, 6.45) is 5.61. The lowest BCUT2D eigenvalue weighted by atomic mass is 10.1. The first-order valence-electron chi connectivity index (χ1n) is 9.46. The Bertz CT molecular complexity index is 733. The van der Waals surface area contributed by atoms with Crippen molar-refractivity contribution in [3.63, 3.8) is 0 Å². The van der Waals surface area contributed by atoms with Gasteiger partial charge in [0, 0.05) is 19.6 Å². The highest BCUT2D eigenvalue weighted by Crippen LogP contribution is 2.22. The molecule has 2 aliphatic rings. The smallest absolute Gasteiger partial charge is 0.338 e. The summed E-state index contributed by atoms with van der Waals surface area (Å²) in [5.41, 5.74) is 0.300. The van der Waals surface area contributed by atoms with Gasteiger partial charge >= 0.3 is 5.97 Å². The molecule has 1 unspecified atom stereocenters. The van der Waals surface area contributed by atoms with E-state index in [9.17, 15) is 13.2 Å². The average molecular weight is 416 g/mol. The molecule has 0 aromatic heterocycles. The molecule has 152 valence electrons. The van der Waals surface area contributed by atoms with E-state index in [4.69, 9.17) is 4.74 Å². The molecule has 0 saturated carbocycles. The fraction of sp³-hybridized carbons (Fsp3) is 0.632. The summed E-state index contributed by atoms with van der Waals surface area (Å²) in [5, 5.41) is 0. The van der Waals surface area contributed by atoms with Gasteiger partial charge in [-0.15, -0.1) is 0 Å². The summed E-state index contributed by atoms with van der Waals surface area (Å²) in [6, 6.07) is 6.26. The summed E-state index contributed by atoms with van der Waals surface area (Å²) < 4.78 is 33.0. The fourth-order valence-electron chi connectivity index (χ4n) is 3.65. The van der Waals surface area contributed by atoms with Crippen molar-refractivity contribution in [2.45, 2.75) is 49.5 Å². The molecular formula is C19H28ClN2O4S-. The van der Waals surface area contributed by atoms with Crippen LogP contribution in [0.15, 0.2) is 29.2 Å². The summed E-state index contributed by atoms with van der Waals surface area (Å²) in [6.45, 7) is 2.83. The second-order valence-electron chi connectivity index (χ2n) is 7.28. The Kier molecular flexibility index (Phi) is 8.09. The number of carbonyl (C=O) groups is 1. The van der Waals surface area contributed by atoms with Crippen molar-refractivity contribution in [1.29, 1.82) is 0 Å². The van der Waals surface area contributed by atoms with Gasteiger partial charge in [0.05, 0.1) is 10.5 Å². The van der Waals surface area contributed by atoms with Crippen LogP contribution in [0.5, 0.6) is 0 Å². The number of piperidine rings is 1. The first-order valence-corrected chi connectivity index (χ1v) is 10.9. The van der Waals surface area contributed by atoms with E-state index in [1.807, 2.05) is 7.05 Å². The van der Waals surface area contributed by atoms with Crippen molar-refractivity contribution >= 4 is 16.0 Å². The maximum Gasteiger partial charge on any atom is 0.338 e. The first-order chi connectivity index (χ1) is 12.5. The molecule has 0 spiro atoms. The van der Waals surface area contributed by atoms with Gasteiger partial charge in [-0.3, -0.25) is 0 Å². The van der Waals surface area contributed by atoms with Crippen LogP contribution in [0, 0.1) is 0 Å². The highest BCUT2D eigenvalue weighted by Gasteiger charge is 2.27. The van der Waals surface area contributed by atoms with Crippen LogP contribution in [0.1, 0.15) is 48.9 Å². The molecule has 3 rings (SSSR count). The number of rotatable bonds is 4. The van der Waals surface area contributed by atoms with Crippen molar-refractivity contribution in [1.82, 2.24) is 9.21 Å². The third-order valence-corrected chi connectivity index (χ3v) is 7.02. The van der Waals surface area contributed by atoms with Crippen molar-refractivity contribution < 1.29 is 30.4 Å². The molecule has 8 heteroatoms. The van der Waals surface area contributed by atoms with Gasteiger partial charge in [-0.2, -0.15) is 4.31 Å². The molecular weight excluding hydrogens is 388 g/mol. The Morgan fingerprint density at radius 2 is 1.78 bits per heavy atom. The van der Waals surface area contributed by atoms with Crippen molar-refractivity contribution in [3.05, 3.63) is 29.8 Å². The van der Waals surface area contributed by atoms with Crippen LogP contribution in [0.3, 0.4) is 0 Å². The van der Waals surface area contributed by atoms with Gasteiger partial charge in [0.15, 0.2) is 0 Å². The molecule has 0 amide bonds. The number of esters is 1. The maximum atomic E-state index is 12.9. The molecule has 2 saturated heterocycles. The monoisotopic (exact) mass is 415 g/mol. The van der Waals surface area contributed by atoms with Crippen LogP contribution >= 0.6 is 0 Å². The lowest BCUT2D eigenvalue weighted by Crippen LogP contribution is -3.00. The number of hydrogen-bond donors (Lipinski definition) is 0. The normalized spacial score (nSPS) is 22.5.